The average molecular weight is 250 g/mol. The van der Waals surface area contributed by atoms with Crippen molar-refractivity contribution in [2.24, 2.45) is 0 Å². The first-order chi connectivity index (χ1) is 8.56. The van der Waals surface area contributed by atoms with Crippen molar-refractivity contribution in [1.82, 2.24) is 4.98 Å². The summed E-state index contributed by atoms with van der Waals surface area (Å²) in [5, 5.41) is 2.17. The summed E-state index contributed by atoms with van der Waals surface area (Å²) in [5.74, 6) is -2.16. The van der Waals surface area contributed by atoms with Crippen LogP contribution < -0.4 is 10.9 Å². The predicted molar refractivity (Wildman–Crippen MR) is 61.4 cm³/mol. The summed E-state index contributed by atoms with van der Waals surface area (Å²) in [7, 11) is 0. The lowest BCUT2D eigenvalue weighted by molar-refractivity contribution is 0.102. The number of aromatic nitrogens is 1. The van der Waals surface area contributed by atoms with Crippen LogP contribution in [0.5, 0.6) is 0 Å². The third-order valence-corrected chi connectivity index (χ3v) is 2.19. The topological polar surface area (TPSA) is 62.0 Å². The molecule has 0 aliphatic rings. The molecule has 1 aromatic carbocycles. The van der Waals surface area contributed by atoms with E-state index < -0.39 is 23.1 Å². The molecule has 1 amide bonds. The molecule has 18 heavy (non-hydrogen) atoms. The molecule has 6 heteroatoms. The number of anilines is 1. The highest BCUT2D eigenvalue weighted by Gasteiger charge is 2.10. The zero-order valence-electron chi connectivity index (χ0n) is 9.04. The Kier molecular flexibility index (Phi) is 3.18. The van der Waals surface area contributed by atoms with Crippen molar-refractivity contribution in [2.75, 3.05) is 5.32 Å². The van der Waals surface area contributed by atoms with Gasteiger partial charge >= 0.3 is 0 Å². The highest BCUT2D eigenvalue weighted by molar-refractivity contribution is 6.02. The zero-order chi connectivity index (χ0) is 13.1. The molecule has 0 radical (unpaired) electrons. The Morgan fingerprint density at radius 3 is 2.67 bits per heavy atom. The van der Waals surface area contributed by atoms with Gasteiger partial charge in [-0.05, 0) is 18.2 Å². The molecule has 1 heterocycles. The van der Waals surface area contributed by atoms with Crippen LogP contribution in [0.25, 0.3) is 0 Å². The first kappa shape index (κ1) is 12.0. The molecule has 0 fully saturated rings. The second-order valence-corrected chi connectivity index (χ2v) is 3.51. The number of amides is 1. The van der Waals surface area contributed by atoms with Crippen LogP contribution in [0.1, 0.15) is 10.5 Å². The van der Waals surface area contributed by atoms with Gasteiger partial charge in [-0.3, -0.25) is 9.59 Å². The number of hydrogen-bond acceptors (Lipinski definition) is 2. The Morgan fingerprint density at radius 2 is 1.94 bits per heavy atom. The number of hydrogen-bond donors (Lipinski definition) is 2. The van der Waals surface area contributed by atoms with Crippen LogP contribution in [0.3, 0.4) is 0 Å². The summed E-state index contributed by atoms with van der Waals surface area (Å²) in [6.07, 6.45) is 0. The van der Waals surface area contributed by atoms with E-state index in [1.807, 2.05) is 0 Å². The molecule has 0 spiro atoms. The highest BCUT2D eigenvalue weighted by atomic mass is 19.1. The molecule has 0 aliphatic carbocycles. The van der Waals surface area contributed by atoms with E-state index in [4.69, 9.17) is 0 Å². The molecule has 0 atom stereocenters. The summed E-state index contributed by atoms with van der Waals surface area (Å²) in [5.41, 5.74) is -0.779. The first-order valence-electron chi connectivity index (χ1n) is 5.02. The summed E-state index contributed by atoms with van der Waals surface area (Å²) < 4.78 is 26.2. The van der Waals surface area contributed by atoms with Crippen molar-refractivity contribution in [1.29, 1.82) is 0 Å². The molecule has 2 aromatic rings. The van der Waals surface area contributed by atoms with Gasteiger partial charge < -0.3 is 10.3 Å². The molecule has 0 bridgehead atoms. The number of aromatic amines is 1. The standard InChI is InChI=1S/C12H8F2N2O2/c13-7-4-5-8(14)10(6-7)16-12(18)9-2-1-3-11(17)15-9/h1-6H,(H,15,17)(H,16,18). The van der Waals surface area contributed by atoms with E-state index in [0.717, 1.165) is 18.2 Å². The number of pyridine rings is 1. The minimum absolute atomic E-state index is 0.0360. The van der Waals surface area contributed by atoms with Gasteiger partial charge in [0.1, 0.15) is 17.3 Å². The number of rotatable bonds is 2. The molecule has 0 unspecified atom stereocenters. The van der Waals surface area contributed by atoms with Crippen molar-refractivity contribution in [2.45, 2.75) is 0 Å². The van der Waals surface area contributed by atoms with E-state index in [1.54, 1.807) is 0 Å². The van der Waals surface area contributed by atoms with Crippen LogP contribution in [0.15, 0.2) is 41.2 Å². The van der Waals surface area contributed by atoms with Crippen LogP contribution in [-0.2, 0) is 0 Å². The van der Waals surface area contributed by atoms with Crippen LogP contribution in [0.2, 0.25) is 0 Å². The lowest BCUT2D eigenvalue weighted by Crippen LogP contribution is -2.18. The number of carbonyl (C=O) groups excluding carboxylic acids is 1. The van der Waals surface area contributed by atoms with Crippen LogP contribution in [-0.4, -0.2) is 10.9 Å². The van der Waals surface area contributed by atoms with E-state index in [0.29, 0.717) is 0 Å². The maximum Gasteiger partial charge on any atom is 0.272 e. The molecule has 0 saturated carbocycles. The van der Waals surface area contributed by atoms with Crippen LogP contribution in [0, 0.1) is 11.6 Å². The number of nitrogens with one attached hydrogen (secondary N) is 2. The molecular weight excluding hydrogens is 242 g/mol. The molecular formula is C12H8F2N2O2. The van der Waals surface area contributed by atoms with Gasteiger partial charge in [-0.1, -0.05) is 6.07 Å². The predicted octanol–water partition coefficient (Wildman–Crippen LogP) is 1.91. The van der Waals surface area contributed by atoms with Crippen molar-refractivity contribution in [3.05, 3.63) is 64.1 Å². The SMILES string of the molecule is O=C(Nc1cc(F)ccc1F)c1cccc(=O)[nH]1. The van der Waals surface area contributed by atoms with Gasteiger partial charge in [0.15, 0.2) is 0 Å². The zero-order valence-corrected chi connectivity index (χ0v) is 9.04. The minimum Gasteiger partial charge on any atom is -0.318 e. The van der Waals surface area contributed by atoms with Gasteiger partial charge in [-0.2, -0.15) is 0 Å². The summed E-state index contributed by atoms with van der Waals surface area (Å²) in [6.45, 7) is 0. The number of H-pyrrole nitrogens is 1. The Labute approximate surface area is 100 Å². The third-order valence-electron chi connectivity index (χ3n) is 2.19. The lowest BCUT2D eigenvalue weighted by Gasteiger charge is -2.06. The van der Waals surface area contributed by atoms with E-state index >= 15 is 0 Å². The van der Waals surface area contributed by atoms with Crippen LogP contribution >= 0.6 is 0 Å². The van der Waals surface area contributed by atoms with Gasteiger partial charge in [0, 0.05) is 12.1 Å². The fraction of sp³-hybridized carbons (Fsp3) is 0. The lowest BCUT2D eigenvalue weighted by atomic mass is 10.2. The summed E-state index contributed by atoms with van der Waals surface area (Å²) in [4.78, 5) is 24.9. The van der Waals surface area contributed by atoms with E-state index in [9.17, 15) is 18.4 Å². The molecule has 4 nitrogen and oxygen atoms in total. The van der Waals surface area contributed by atoms with Gasteiger partial charge in [0.25, 0.3) is 5.91 Å². The number of carbonyl (C=O) groups is 1. The molecule has 0 saturated heterocycles. The van der Waals surface area contributed by atoms with Crippen molar-refractivity contribution in [3.8, 4) is 0 Å². The summed E-state index contributed by atoms with van der Waals surface area (Å²) >= 11 is 0. The number of benzene rings is 1. The molecule has 2 rings (SSSR count). The van der Waals surface area contributed by atoms with E-state index in [2.05, 4.69) is 10.3 Å². The molecule has 1 aromatic heterocycles. The Morgan fingerprint density at radius 1 is 1.17 bits per heavy atom. The van der Waals surface area contributed by atoms with Gasteiger partial charge in [-0.15, -0.1) is 0 Å². The maximum atomic E-state index is 13.3. The van der Waals surface area contributed by atoms with E-state index in [-0.39, 0.29) is 11.4 Å². The second kappa shape index (κ2) is 4.79. The third kappa shape index (κ3) is 2.60. The fourth-order valence-electron chi connectivity index (χ4n) is 1.36. The smallest absolute Gasteiger partial charge is 0.272 e. The van der Waals surface area contributed by atoms with Gasteiger partial charge in [-0.25, -0.2) is 8.78 Å². The molecule has 0 aliphatic heterocycles. The Balaban J connectivity index is 2.26. The molecule has 92 valence electrons. The van der Waals surface area contributed by atoms with Crippen molar-refractivity contribution >= 4 is 11.6 Å². The quantitative estimate of drug-likeness (QED) is 0.855. The average Bonchev–Trinajstić information content (AvgIpc) is 2.34. The first-order valence-corrected chi connectivity index (χ1v) is 5.02. The highest BCUT2D eigenvalue weighted by Crippen LogP contribution is 2.15. The Hall–Kier alpha value is -2.50. The number of halogens is 2. The van der Waals surface area contributed by atoms with E-state index in [1.165, 1.54) is 18.2 Å². The van der Waals surface area contributed by atoms with Gasteiger partial charge in [0.05, 0.1) is 5.69 Å². The van der Waals surface area contributed by atoms with Gasteiger partial charge in [0.2, 0.25) is 5.56 Å². The largest absolute Gasteiger partial charge is 0.318 e. The van der Waals surface area contributed by atoms with Crippen LogP contribution in [0.4, 0.5) is 14.5 Å². The second-order valence-electron chi connectivity index (χ2n) is 3.51. The molecule has 2 N–H and O–H groups in total. The summed E-state index contributed by atoms with van der Waals surface area (Å²) in [6, 6.07) is 6.67. The Bertz CT molecular complexity index is 653. The fourth-order valence-corrected chi connectivity index (χ4v) is 1.36. The normalized spacial score (nSPS) is 10.1. The monoisotopic (exact) mass is 250 g/mol. The minimum atomic E-state index is -0.761. The van der Waals surface area contributed by atoms with Crippen molar-refractivity contribution in [3.63, 3.8) is 0 Å². The van der Waals surface area contributed by atoms with Crippen molar-refractivity contribution < 1.29 is 13.6 Å². The maximum absolute atomic E-state index is 13.3.